The SMILES string of the molecule is CCCCCCOc1ccc(/C=N\N(CC(=O)O)CC(=O)O)cc1OC. The van der Waals surface area contributed by atoms with E-state index < -0.39 is 25.0 Å². The summed E-state index contributed by atoms with van der Waals surface area (Å²) in [5.41, 5.74) is 0.640. The molecule has 0 aliphatic rings. The molecule has 0 bridgehead atoms. The van der Waals surface area contributed by atoms with Crippen molar-refractivity contribution in [2.45, 2.75) is 32.6 Å². The summed E-state index contributed by atoms with van der Waals surface area (Å²) in [6.45, 7) is 1.75. The number of rotatable bonds is 13. The Bertz CT molecular complexity index is 602. The first-order valence-electron chi connectivity index (χ1n) is 8.49. The van der Waals surface area contributed by atoms with Gasteiger partial charge in [-0.1, -0.05) is 26.2 Å². The minimum atomic E-state index is -1.16. The molecule has 1 aromatic rings. The van der Waals surface area contributed by atoms with Crippen molar-refractivity contribution in [2.75, 3.05) is 26.8 Å². The van der Waals surface area contributed by atoms with Crippen molar-refractivity contribution >= 4 is 18.2 Å². The first-order chi connectivity index (χ1) is 12.5. The predicted molar refractivity (Wildman–Crippen MR) is 97.1 cm³/mol. The van der Waals surface area contributed by atoms with Gasteiger partial charge >= 0.3 is 11.9 Å². The van der Waals surface area contributed by atoms with E-state index in [-0.39, 0.29) is 0 Å². The van der Waals surface area contributed by atoms with Gasteiger partial charge in [0.05, 0.1) is 19.9 Å². The Morgan fingerprint density at radius 2 is 1.81 bits per heavy atom. The largest absolute Gasteiger partial charge is 0.493 e. The maximum absolute atomic E-state index is 10.8. The molecule has 0 saturated heterocycles. The van der Waals surface area contributed by atoms with Crippen LogP contribution < -0.4 is 9.47 Å². The molecule has 0 amide bonds. The first kappa shape index (κ1) is 21.3. The van der Waals surface area contributed by atoms with E-state index in [1.807, 2.05) is 0 Å². The zero-order chi connectivity index (χ0) is 19.4. The minimum absolute atomic E-state index is 0.501. The van der Waals surface area contributed by atoms with Gasteiger partial charge in [-0.25, -0.2) is 0 Å². The molecule has 0 fully saturated rings. The standard InChI is InChI=1S/C18H26N2O6/c1-3-4-5-6-9-26-15-8-7-14(10-16(15)25-2)11-19-20(12-17(21)22)13-18(23)24/h7-8,10-11H,3-6,9,12-13H2,1-2H3,(H,21,22)(H,23,24)/b19-11-. The molecule has 0 spiro atoms. The molecule has 144 valence electrons. The minimum Gasteiger partial charge on any atom is -0.493 e. The quantitative estimate of drug-likeness (QED) is 0.313. The van der Waals surface area contributed by atoms with Gasteiger partial charge in [0.15, 0.2) is 11.5 Å². The molecule has 0 aromatic heterocycles. The lowest BCUT2D eigenvalue weighted by Gasteiger charge is -2.14. The lowest BCUT2D eigenvalue weighted by molar-refractivity contribution is -0.141. The number of aliphatic carboxylic acids is 2. The molecule has 8 nitrogen and oxygen atoms in total. The number of benzene rings is 1. The van der Waals surface area contributed by atoms with Crippen LogP contribution in [0.2, 0.25) is 0 Å². The van der Waals surface area contributed by atoms with Crippen LogP contribution in [-0.2, 0) is 9.59 Å². The number of ether oxygens (including phenoxy) is 2. The van der Waals surface area contributed by atoms with Crippen molar-refractivity contribution < 1.29 is 29.3 Å². The summed E-state index contributed by atoms with van der Waals surface area (Å²) in [7, 11) is 1.53. The highest BCUT2D eigenvalue weighted by molar-refractivity contribution is 5.81. The second-order valence-electron chi connectivity index (χ2n) is 5.67. The molecule has 0 aliphatic heterocycles. The second kappa shape index (κ2) is 11.7. The third kappa shape index (κ3) is 8.36. The molecular formula is C18H26N2O6. The Kier molecular flexibility index (Phi) is 9.59. The lowest BCUT2D eigenvalue weighted by Crippen LogP contribution is -2.30. The van der Waals surface area contributed by atoms with E-state index in [0.29, 0.717) is 23.7 Å². The van der Waals surface area contributed by atoms with Crippen LogP contribution in [0.4, 0.5) is 0 Å². The van der Waals surface area contributed by atoms with Gasteiger partial charge in [-0.3, -0.25) is 14.6 Å². The van der Waals surface area contributed by atoms with Crippen LogP contribution in [0.15, 0.2) is 23.3 Å². The van der Waals surface area contributed by atoms with E-state index in [4.69, 9.17) is 19.7 Å². The highest BCUT2D eigenvalue weighted by Crippen LogP contribution is 2.27. The molecule has 0 heterocycles. The zero-order valence-electron chi connectivity index (χ0n) is 15.2. The van der Waals surface area contributed by atoms with Gasteiger partial charge in [0.2, 0.25) is 0 Å². The fourth-order valence-electron chi connectivity index (χ4n) is 2.19. The number of unbranched alkanes of at least 4 members (excludes halogenated alkanes) is 3. The summed E-state index contributed by atoms with van der Waals surface area (Å²) in [4.78, 5) is 21.5. The number of carboxylic acid groups (broad SMARTS) is 2. The Morgan fingerprint density at radius 3 is 2.38 bits per heavy atom. The molecule has 0 radical (unpaired) electrons. The maximum Gasteiger partial charge on any atom is 0.324 e. The Labute approximate surface area is 153 Å². The molecular weight excluding hydrogens is 340 g/mol. The summed E-state index contributed by atoms with van der Waals surface area (Å²) >= 11 is 0. The number of carbonyl (C=O) groups is 2. The number of hydrogen-bond donors (Lipinski definition) is 2. The van der Waals surface area contributed by atoms with E-state index in [0.717, 1.165) is 24.3 Å². The summed E-state index contributed by atoms with van der Waals surface area (Å²) in [6, 6.07) is 5.19. The molecule has 0 aliphatic carbocycles. The normalized spacial score (nSPS) is 10.7. The number of hydrazone groups is 1. The van der Waals surface area contributed by atoms with Crippen molar-refractivity contribution in [3.05, 3.63) is 23.8 Å². The van der Waals surface area contributed by atoms with E-state index >= 15 is 0 Å². The van der Waals surface area contributed by atoms with Gasteiger partial charge in [0, 0.05) is 0 Å². The third-order valence-electron chi connectivity index (χ3n) is 3.45. The van der Waals surface area contributed by atoms with E-state index in [1.54, 1.807) is 18.2 Å². The van der Waals surface area contributed by atoms with E-state index in [9.17, 15) is 9.59 Å². The number of carboxylic acids is 2. The van der Waals surface area contributed by atoms with Gasteiger partial charge in [0.1, 0.15) is 13.1 Å². The molecule has 26 heavy (non-hydrogen) atoms. The molecule has 1 rings (SSSR count). The summed E-state index contributed by atoms with van der Waals surface area (Å²) in [5.74, 6) is -1.16. The van der Waals surface area contributed by atoms with Gasteiger partial charge in [-0.15, -0.1) is 0 Å². The molecule has 0 unspecified atom stereocenters. The van der Waals surface area contributed by atoms with Crippen molar-refractivity contribution in [3.63, 3.8) is 0 Å². The third-order valence-corrected chi connectivity index (χ3v) is 3.45. The summed E-state index contributed by atoms with van der Waals surface area (Å²) in [5, 5.41) is 22.5. The average molecular weight is 366 g/mol. The van der Waals surface area contributed by atoms with Crippen LogP contribution in [0, 0.1) is 0 Å². The van der Waals surface area contributed by atoms with Gasteiger partial charge in [-0.05, 0) is 30.2 Å². The summed E-state index contributed by atoms with van der Waals surface area (Å²) in [6.07, 6.45) is 5.82. The van der Waals surface area contributed by atoms with Crippen molar-refractivity contribution in [2.24, 2.45) is 5.10 Å². The molecule has 0 atom stereocenters. The van der Waals surface area contributed by atoms with Crippen LogP contribution in [-0.4, -0.2) is 60.2 Å². The van der Waals surface area contributed by atoms with Gasteiger partial charge < -0.3 is 19.7 Å². The zero-order valence-corrected chi connectivity index (χ0v) is 15.2. The molecule has 8 heteroatoms. The Balaban J connectivity index is 2.74. The molecule has 2 N–H and O–H groups in total. The topological polar surface area (TPSA) is 109 Å². The van der Waals surface area contributed by atoms with Crippen LogP contribution in [0.1, 0.15) is 38.2 Å². The fourth-order valence-corrected chi connectivity index (χ4v) is 2.19. The highest BCUT2D eigenvalue weighted by Gasteiger charge is 2.11. The predicted octanol–water partition coefficient (Wildman–Crippen LogP) is 2.46. The van der Waals surface area contributed by atoms with Crippen molar-refractivity contribution in [1.29, 1.82) is 0 Å². The van der Waals surface area contributed by atoms with Crippen LogP contribution in [0.25, 0.3) is 0 Å². The van der Waals surface area contributed by atoms with Crippen LogP contribution in [0.3, 0.4) is 0 Å². The number of nitrogens with zero attached hydrogens (tertiary/aromatic N) is 2. The maximum atomic E-state index is 10.8. The average Bonchev–Trinajstić information content (AvgIpc) is 2.59. The van der Waals surface area contributed by atoms with Crippen LogP contribution >= 0.6 is 0 Å². The Morgan fingerprint density at radius 1 is 1.12 bits per heavy atom. The second-order valence-corrected chi connectivity index (χ2v) is 5.67. The van der Waals surface area contributed by atoms with Crippen molar-refractivity contribution in [1.82, 2.24) is 5.01 Å². The van der Waals surface area contributed by atoms with E-state index in [1.165, 1.54) is 19.7 Å². The van der Waals surface area contributed by atoms with Gasteiger partial charge in [-0.2, -0.15) is 5.10 Å². The molecule has 0 saturated carbocycles. The highest BCUT2D eigenvalue weighted by atomic mass is 16.5. The fraction of sp³-hybridized carbons (Fsp3) is 0.500. The summed E-state index contributed by atoms with van der Waals surface area (Å²) < 4.78 is 11.0. The monoisotopic (exact) mass is 366 g/mol. The number of hydrogen-bond acceptors (Lipinski definition) is 6. The smallest absolute Gasteiger partial charge is 0.324 e. The number of methoxy groups -OCH3 is 1. The van der Waals surface area contributed by atoms with Crippen LogP contribution in [0.5, 0.6) is 11.5 Å². The van der Waals surface area contributed by atoms with Crippen molar-refractivity contribution in [3.8, 4) is 11.5 Å². The Hall–Kier alpha value is -2.77. The van der Waals surface area contributed by atoms with Gasteiger partial charge in [0.25, 0.3) is 0 Å². The van der Waals surface area contributed by atoms with E-state index in [2.05, 4.69) is 12.0 Å². The molecule has 1 aromatic carbocycles. The lowest BCUT2D eigenvalue weighted by atomic mass is 10.2. The first-order valence-corrected chi connectivity index (χ1v) is 8.49.